The van der Waals surface area contributed by atoms with Gasteiger partial charge in [-0.15, -0.1) is 0 Å². The molecule has 8 heteroatoms. The summed E-state index contributed by atoms with van der Waals surface area (Å²) in [4.78, 5) is 13.2. The van der Waals surface area contributed by atoms with E-state index < -0.39 is 23.7 Å². The summed E-state index contributed by atoms with van der Waals surface area (Å²) in [6.07, 6.45) is -1.35. The lowest BCUT2D eigenvalue weighted by Gasteiger charge is -2.05. The highest BCUT2D eigenvalue weighted by molar-refractivity contribution is 9.10. The van der Waals surface area contributed by atoms with Gasteiger partial charge in [-0.05, 0) is 31.9 Å². The normalized spacial score (nSPS) is 10.4. The van der Waals surface area contributed by atoms with Gasteiger partial charge < -0.3 is 15.4 Å². The SMILES string of the molecule is O=[N+]([O-])c1ncc(Br)cc1NCC(F)F. The topological polar surface area (TPSA) is 68.1 Å². The minimum absolute atomic E-state index is 0.0327. The standard InChI is InChI=1S/C7H6BrF2N3O2/c8-4-1-5(11-3-6(9)10)7(12-2-4)13(14)15/h1-2,6,11H,3H2. The maximum atomic E-state index is 11.9. The molecule has 0 unspecified atom stereocenters. The largest absolute Gasteiger partial charge is 0.386 e. The molecule has 5 nitrogen and oxygen atoms in total. The third-order valence-corrected chi connectivity index (χ3v) is 1.89. The van der Waals surface area contributed by atoms with Crippen LogP contribution in [-0.2, 0) is 0 Å². The first-order valence-corrected chi connectivity index (χ1v) is 4.62. The lowest BCUT2D eigenvalue weighted by molar-refractivity contribution is -0.388. The molecule has 0 aliphatic rings. The Morgan fingerprint density at radius 1 is 1.67 bits per heavy atom. The number of rotatable bonds is 4. The molecule has 0 bridgehead atoms. The predicted octanol–water partition coefficient (Wildman–Crippen LogP) is 2.43. The van der Waals surface area contributed by atoms with Gasteiger partial charge in [0.2, 0.25) is 0 Å². The van der Waals surface area contributed by atoms with Crippen LogP contribution in [0.5, 0.6) is 0 Å². The molecule has 1 rings (SSSR count). The van der Waals surface area contributed by atoms with E-state index in [1.54, 1.807) is 0 Å². The number of hydrogen-bond acceptors (Lipinski definition) is 4. The van der Waals surface area contributed by atoms with Crippen molar-refractivity contribution in [2.75, 3.05) is 11.9 Å². The second-order valence-corrected chi connectivity index (χ2v) is 3.47. The Balaban J connectivity index is 2.92. The van der Waals surface area contributed by atoms with Crippen molar-refractivity contribution >= 4 is 27.4 Å². The van der Waals surface area contributed by atoms with Crippen molar-refractivity contribution in [1.82, 2.24) is 4.98 Å². The first-order chi connectivity index (χ1) is 7.00. The van der Waals surface area contributed by atoms with Gasteiger partial charge in [-0.1, -0.05) is 0 Å². The van der Waals surface area contributed by atoms with E-state index >= 15 is 0 Å². The monoisotopic (exact) mass is 281 g/mol. The van der Waals surface area contributed by atoms with Crippen molar-refractivity contribution in [3.8, 4) is 0 Å². The van der Waals surface area contributed by atoms with Gasteiger partial charge in [-0.25, -0.2) is 8.78 Å². The summed E-state index contributed by atoms with van der Waals surface area (Å²) in [5.74, 6) is -0.473. The third kappa shape index (κ3) is 3.39. The van der Waals surface area contributed by atoms with Crippen LogP contribution < -0.4 is 5.32 Å². The number of alkyl halides is 2. The predicted molar refractivity (Wildman–Crippen MR) is 53.1 cm³/mol. The quantitative estimate of drug-likeness (QED) is 0.680. The molecule has 0 spiro atoms. The van der Waals surface area contributed by atoms with E-state index in [2.05, 4.69) is 26.2 Å². The van der Waals surface area contributed by atoms with Gasteiger partial charge in [0.05, 0.1) is 11.0 Å². The highest BCUT2D eigenvalue weighted by Gasteiger charge is 2.16. The van der Waals surface area contributed by atoms with Crippen LogP contribution in [0.15, 0.2) is 16.7 Å². The molecule has 1 aromatic rings. The number of hydrogen-bond donors (Lipinski definition) is 1. The summed E-state index contributed by atoms with van der Waals surface area (Å²) in [6.45, 7) is -0.654. The Bertz CT molecular complexity index is 375. The van der Waals surface area contributed by atoms with Crippen LogP contribution in [0.2, 0.25) is 0 Å². The zero-order chi connectivity index (χ0) is 11.4. The molecule has 0 aliphatic carbocycles. The van der Waals surface area contributed by atoms with E-state index in [1.807, 2.05) is 0 Å². The van der Waals surface area contributed by atoms with Crippen molar-refractivity contribution in [2.24, 2.45) is 0 Å². The second kappa shape index (κ2) is 4.96. The molecule has 15 heavy (non-hydrogen) atoms. The fourth-order valence-electron chi connectivity index (χ4n) is 0.895. The lowest BCUT2D eigenvalue weighted by Crippen LogP contribution is -2.12. The molecule has 1 heterocycles. The Hall–Kier alpha value is -1.31. The molecule has 1 N–H and O–H groups in total. The fraction of sp³-hybridized carbons (Fsp3) is 0.286. The zero-order valence-electron chi connectivity index (χ0n) is 7.28. The van der Waals surface area contributed by atoms with Crippen LogP contribution in [0.25, 0.3) is 0 Å². The lowest BCUT2D eigenvalue weighted by atomic mass is 10.4. The van der Waals surface area contributed by atoms with Crippen molar-refractivity contribution in [3.63, 3.8) is 0 Å². The molecule has 0 saturated carbocycles. The van der Waals surface area contributed by atoms with Crippen LogP contribution >= 0.6 is 15.9 Å². The summed E-state index contributed by atoms with van der Waals surface area (Å²) in [5, 5.41) is 12.7. The van der Waals surface area contributed by atoms with E-state index in [4.69, 9.17) is 0 Å². The van der Waals surface area contributed by atoms with Gasteiger partial charge in [-0.3, -0.25) is 0 Å². The molecule has 0 atom stereocenters. The van der Waals surface area contributed by atoms with Gasteiger partial charge in [-0.2, -0.15) is 0 Å². The number of anilines is 1. The molecule has 0 aromatic carbocycles. The molecule has 1 aromatic heterocycles. The second-order valence-electron chi connectivity index (χ2n) is 2.55. The summed E-state index contributed by atoms with van der Waals surface area (Å²) in [6, 6.07) is 1.33. The summed E-state index contributed by atoms with van der Waals surface area (Å²) >= 11 is 3.04. The van der Waals surface area contributed by atoms with E-state index in [-0.39, 0.29) is 5.69 Å². The van der Waals surface area contributed by atoms with E-state index in [0.717, 1.165) is 0 Å². The van der Waals surface area contributed by atoms with Gasteiger partial charge in [0.1, 0.15) is 5.69 Å². The minimum Gasteiger partial charge on any atom is -0.372 e. The molecule has 0 amide bonds. The minimum atomic E-state index is -2.58. The number of halogens is 3. The van der Waals surface area contributed by atoms with E-state index in [9.17, 15) is 18.9 Å². The molecular weight excluding hydrogens is 276 g/mol. The molecule has 82 valence electrons. The first-order valence-electron chi connectivity index (χ1n) is 3.82. The summed E-state index contributed by atoms with van der Waals surface area (Å²) in [5.41, 5.74) is -0.0327. The van der Waals surface area contributed by atoms with Crippen LogP contribution in [0, 0.1) is 10.1 Å². The zero-order valence-corrected chi connectivity index (χ0v) is 8.87. The van der Waals surface area contributed by atoms with Crippen LogP contribution in [0.4, 0.5) is 20.3 Å². The number of pyridine rings is 1. The molecule has 0 aliphatic heterocycles. The number of nitrogens with one attached hydrogen (secondary N) is 1. The highest BCUT2D eigenvalue weighted by atomic mass is 79.9. The van der Waals surface area contributed by atoms with Crippen LogP contribution in [-0.4, -0.2) is 22.9 Å². The van der Waals surface area contributed by atoms with Gasteiger partial charge in [0.25, 0.3) is 6.43 Å². The Kier molecular flexibility index (Phi) is 3.89. The van der Waals surface area contributed by atoms with Crippen molar-refractivity contribution < 1.29 is 13.7 Å². The van der Waals surface area contributed by atoms with Crippen molar-refractivity contribution in [2.45, 2.75) is 6.43 Å². The number of aromatic nitrogens is 1. The smallest absolute Gasteiger partial charge is 0.372 e. The van der Waals surface area contributed by atoms with Gasteiger partial charge in [0, 0.05) is 0 Å². The molecule has 0 radical (unpaired) electrons. The highest BCUT2D eigenvalue weighted by Crippen LogP contribution is 2.24. The first kappa shape index (κ1) is 11.8. The van der Waals surface area contributed by atoms with E-state index in [1.165, 1.54) is 12.3 Å². The Morgan fingerprint density at radius 3 is 2.87 bits per heavy atom. The van der Waals surface area contributed by atoms with Gasteiger partial charge >= 0.3 is 5.82 Å². The maximum Gasteiger partial charge on any atom is 0.386 e. The van der Waals surface area contributed by atoms with Gasteiger partial charge in [0.15, 0.2) is 6.20 Å². The van der Waals surface area contributed by atoms with Crippen molar-refractivity contribution in [1.29, 1.82) is 0 Å². The molecule has 0 saturated heterocycles. The van der Waals surface area contributed by atoms with Crippen molar-refractivity contribution in [3.05, 3.63) is 26.9 Å². The molecule has 0 fully saturated rings. The van der Waals surface area contributed by atoms with Crippen LogP contribution in [0.3, 0.4) is 0 Å². The molecular formula is C7H6BrF2N3O2. The third-order valence-electron chi connectivity index (χ3n) is 1.45. The number of nitro groups is 1. The summed E-state index contributed by atoms with van der Waals surface area (Å²) in [7, 11) is 0. The van der Waals surface area contributed by atoms with Crippen LogP contribution in [0.1, 0.15) is 0 Å². The summed E-state index contributed by atoms with van der Waals surface area (Å²) < 4.78 is 24.3. The number of nitrogens with zero attached hydrogens (tertiary/aromatic N) is 2. The fourth-order valence-corrected chi connectivity index (χ4v) is 1.23. The average Bonchev–Trinajstić information content (AvgIpc) is 2.14. The Morgan fingerprint density at radius 2 is 2.33 bits per heavy atom. The Labute approximate surface area is 91.8 Å². The average molecular weight is 282 g/mol. The maximum absolute atomic E-state index is 11.9. The van der Waals surface area contributed by atoms with E-state index in [0.29, 0.717) is 4.47 Å².